The van der Waals surface area contributed by atoms with Crippen molar-refractivity contribution in [2.45, 2.75) is 65.2 Å². The number of hydrogen-bond acceptors (Lipinski definition) is 4. The Morgan fingerprint density at radius 2 is 2.08 bits per heavy atom. The number of unbranched alkanes of at least 4 members (excludes halogenated alkanes) is 2. The molecule has 1 aliphatic rings. The number of nitrogens with zero attached hydrogens (tertiary/aromatic N) is 3. The third kappa shape index (κ3) is 5.89. The Morgan fingerprint density at radius 1 is 1.33 bits per heavy atom. The first kappa shape index (κ1) is 18.9. The molecular formula is C18H32N4O2. The van der Waals surface area contributed by atoms with Crippen molar-refractivity contribution in [3.8, 4) is 0 Å². The molecule has 1 fully saturated rings. The van der Waals surface area contributed by atoms with Gasteiger partial charge in [-0.2, -0.15) is 5.10 Å². The van der Waals surface area contributed by atoms with Crippen LogP contribution in [0.4, 0.5) is 0 Å². The van der Waals surface area contributed by atoms with E-state index in [1.807, 2.05) is 4.90 Å². The van der Waals surface area contributed by atoms with E-state index in [4.69, 9.17) is 4.74 Å². The van der Waals surface area contributed by atoms with E-state index in [1.165, 1.54) is 12.8 Å². The van der Waals surface area contributed by atoms with Crippen molar-refractivity contribution in [3.63, 3.8) is 0 Å². The van der Waals surface area contributed by atoms with E-state index in [2.05, 4.69) is 36.0 Å². The minimum absolute atomic E-state index is 0.131. The number of likely N-dealkylation sites (tertiary alicyclic amines) is 1. The van der Waals surface area contributed by atoms with E-state index in [1.54, 1.807) is 0 Å². The summed E-state index contributed by atoms with van der Waals surface area (Å²) in [5, 5.41) is 7.31. The lowest BCUT2D eigenvalue weighted by molar-refractivity contribution is -0.137. The summed E-state index contributed by atoms with van der Waals surface area (Å²) in [4.78, 5) is 18.6. The van der Waals surface area contributed by atoms with Gasteiger partial charge in [-0.1, -0.05) is 33.6 Å². The lowest BCUT2D eigenvalue weighted by Gasteiger charge is -2.31. The first-order valence-corrected chi connectivity index (χ1v) is 9.36. The van der Waals surface area contributed by atoms with Crippen molar-refractivity contribution >= 4 is 5.91 Å². The second kappa shape index (κ2) is 9.77. The molecule has 24 heavy (non-hydrogen) atoms. The van der Waals surface area contributed by atoms with Crippen molar-refractivity contribution in [2.24, 2.45) is 5.92 Å². The summed E-state index contributed by atoms with van der Waals surface area (Å²) in [6.07, 6.45) is 6.36. The number of carbonyl (C=O) groups is 1. The van der Waals surface area contributed by atoms with Crippen LogP contribution < -0.4 is 0 Å². The summed E-state index contributed by atoms with van der Waals surface area (Å²) in [5.41, 5.74) is 0. The average Bonchev–Trinajstić information content (AvgIpc) is 3.04. The van der Waals surface area contributed by atoms with Gasteiger partial charge in [-0.15, -0.1) is 0 Å². The summed E-state index contributed by atoms with van der Waals surface area (Å²) in [6.45, 7) is 8.94. The molecule has 0 spiro atoms. The fourth-order valence-corrected chi connectivity index (χ4v) is 3.02. The van der Waals surface area contributed by atoms with Crippen molar-refractivity contribution in [1.82, 2.24) is 20.1 Å². The van der Waals surface area contributed by atoms with Crippen LogP contribution in [-0.4, -0.2) is 52.3 Å². The fraction of sp³-hybridized carbons (Fsp3) is 0.833. The smallest absolute Gasteiger partial charge is 0.248 e. The second-order valence-corrected chi connectivity index (χ2v) is 7.08. The zero-order valence-corrected chi connectivity index (χ0v) is 15.4. The maximum atomic E-state index is 12.1. The molecular weight excluding hydrogens is 304 g/mol. The molecule has 2 heterocycles. The topological polar surface area (TPSA) is 71.1 Å². The van der Waals surface area contributed by atoms with E-state index < -0.39 is 0 Å². The molecule has 0 aliphatic carbocycles. The molecule has 1 amide bonds. The van der Waals surface area contributed by atoms with E-state index >= 15 is 0 Å². The van der Waals surface area contributed by atoms with Crippen molar-refractivity contribution in [3.05, 3.63) is 11.6 Å². The Labute approximate surface area is 145 Å². The molecule has 0 bridgehead atoms. The zero-order valence-electron chi connectivity index (χ0n) is 15.4. The number of rotatable bonds is 9. The minimum Gasteiger partial charge on any atom is -0.372 e. The Hall–Kier alpha value is -1.43. The van der Waals surface area contributed by atoms with Gasteiger partial charge in [0.25, 0.3) is 0 Å². The van der Waals surface area contributed by atoms with Crippen LogP contribution in [0.25, 0.3) is 0 Å². The molecule has 0 saturated carbocycles. The number of H-pyrrole nitrogens is 1. The van der Waals surface area contributed by atoms with Gasteiger partial charge in [0.1, 0.15) is 12.4 Å². The number of aromatic amines is 1. The molecule has 1 saturated heterocycles. The summed E-state index contributed by atoms with van der Waals surface area (Å²) in [6, 6.07) is 0. The molecule has 1 aromatic heterocycles. The van der Waals surface area contributed by atoms with Crippen LogP contribution in [0.5, 0.6) is 0 Å². The number of aromatic nitrogens is 3. The van der Waals surface area contributed by atoms with E-state index in [0.29, 0.717) is 18.4 Å². The second-order valence-electron chi connectivity index (χ2n) is 7.08. The molecule has 0 aromatic carbocycles. The third-order valence-electron chi connectivity index (χ3n) is 4.63. The number of hydrogen-bond donors (Lipinski definition) is 1. The van der Waals surface area contributed by atoms with Gasteiger partial charge in [0, 0.05) is 32.0 Å². The molecule has 1 aromatic rings. The lowest BCUT2D eigenvalue weighted by Crippen LogP contribution is -2.40. The minimum atomic E-state index is 0.131. The third-order valence-corrected chi connectivity index (χ3v) is 4.63. The van der Waals surface area contributed by atoms with Gasteiger partial charge in [0.15, 0.2) is 5.82 Å². The largest absolute Gasteiger partial charge is 0.372 e. The van der Waals surface area contributed by atoms with Crippen LogP contribution in [0.15, 0.2) is 0 Å². The number of ether oxygens (including phenoxy) is 1. The van der Waals surface area contributed by atoms with E-state index in [9.17, 15) is 4.79 Å². The fourth-order valence-electron chi connectivity index (χ4n) is 3.02. The maximum Gasteiger partial charge on any atom is 0.248 e. The normalized spacial score (nSPS) is 16.1. The summed E-state index contributed by atoms with van der Waals surface area (Å²) >= 11 is 0. The lowest BCUT2D eigenvalue weighted by atomic mass is 9.93. The van der Waals surface area contributed by atoms with Crippen LogP contribution in [0.1, 0.15) is 70.4 Å². The standard InChI is InChI=1S/C18H32N4O2/c1-4-5-6-11-24-13-17(23)22-9-7-15(8-10-22)12-16-19-18(14(2)3)21-20-16/h14-15H,4-13H2,1-3H3,(H,19,20,21). The Kier molecular flexibility index (Phi) is 7.69. The molecule has 0 unspecified atom stereocenters. The quantitative estimate of drug-likeness (QED) is 0.704. The van der Waals surface area contributed by atoms with Crippen LogP contribution in [0, 0.1) is 5.92 Å². The summed E-state index contributed by atoms with van der Waals surface area (Å²) in [5.74, 6) is 2.92. The van der Waals surface area contributed by atoms with Crippen LogP contribution in [0.3, 0.4) is 0 Å². The molecule has 1 aliphatic heterocycles. The Bertz CT molecular complexity index is 493. The molecule has 2 rings (SSSR count). The SMILES string of the molecule is CCCCCOCC(=O)N1CCC(Cc2nc(C(C)C)n[nH]2)CC1. The number of carbonyl (C=O) groups excluding carboxylic acids is 1. The Balaban J connectivity index is 1.66. The van der Waals surface area contributed by atoms with Gasteiger partial charge in [-0.25, -0.2) is 4.98 Å². The highest BCUT2D eigenvalue weighted by Crippen LogP contribution is 2.21. The van der Waals surface area contributed by atoms with Gasteiger partial charge in [0.2, 0.25) is 5.91 Å². The number of piperidine rings is 1. The van der Waals surface area contributed by atoms with E-state index in [0.717, 1.165) is 50.4 Å². The molecule has 0 radical (unpaired) electrons. The first-order chi connectivity index (χ1) is 11.6. The monoisotopic (exact) mass is 336 g/mol. The van der Waals surface area contributed by atoms with Crippen molar-refractivity contribution in [1.29, 1.82) is 0 Å². The van der Waals surface area contributed by atoms with Gasteiger partial charge in [-0.3, -0.25) is 9.89 Å². The van der Waals surface area contributed by atoms with Gasteiger partial charge in [0.05, 0.1) is 0 Å². The van der Waals surface area contributed by atoms with Gasteiger partial charge < -0.3 is 9.64 Å². The molecule has 1 N–H and O–H groups in total. The predicted molar refractivity (Wildman–Crippen MR) is 93.8 cm³/mol. The first-order valence-electron chi connectivity index (χ1n) is 9.36. The molecule has 136 valence electrons. The zero-order chi connectivity index (χ0) is 17.4. The number of nitrogens with one attached hydrogen (secondary N) is 1. The highest BCUT2D eigenvalue weighted by Gasteiger charge is 2.24. The van der Waals surface area contributed by atoms with Gasteiger partial charge >= 0.3 is 0 Å². The van der Waals surface area contributed by atoms with Crippen LogP contribution >= 0.6 is 0 Å². The maximum absolute atomic E-state index is 12.1. The molecule has 6 heteroatoms. The van der Waals surface area contributed by atoms with Gasteiger partial charge in [-0.05, 0) is 25.2 Å². The number of amides is 1. The van der Waals surface area contributed by atoms with Crippen molar-refractivity contribution < 1.29 is 9.53 Å². The van der Waals surface area contributed by atoms with Crippen LogP contribution in [-0.2, 0) is 16.0 Å². The van der Waals surface area contributed by atoms with Crippen LogP contribution in [0.2, 0.25) is 0 Å². The molecule has 0 atom stereocenters. The van der Waals surface area contributed by atoms with E-state index in [-0.39, 0.29) is 12.5 Å². The predicted octanol–water partition coefficient (Wildman–Crippen LogP) is 2.92. The summed E-state index contributed by atoms with van der Waals surface area (Å²) < 4.78 is 5.48. The average molecular weight is 336 g/mol. The molecule has 6 nitrogen and oxygen atoms in total. The highest BCUT2D eigenvalue weighted by atomic mass is 16.5. The van der Waals surface area contributed by atoms with Crippen molar-refractivity contribution in [2.75, 3.05) is 26.3 Å². The summed E-state index contributed by atoms with van der Waals surface area (Å²) in [7, 11) is 0. The Morgan fingerprint density at radius 3 is 2.71 bits per heavy atom. The highest BCUT2D eigenvalue weighted by molar-refractivity contribution is 5.77.